The zero-order valence-corrected chi connectivity index (χ0v) is 15.7. The second-order valence-electron chi connectivity index (χ2n) is 5.80. The van der Waals surface area contributed by atoms with Gasteiger partial charge in [0.1, 0.15) is 12.4 Å². The average Bonchev–Trinajstić information content (AvgIpc) is 2.61. The smallest absolute Gasteiger partial charge is 0.308 e. The number of ether oxygens (including phenoxy) is 1. The average molecular weight is 378 g/mol. The number of para-hydroxylation sites is 1. The van der Waals surface area contributed by atoms with E-state index in [2.05, 4.69) is 17.4 Å². The maximum Gasteiger partial charge on any atom is 0.308 e. The minimum atomic E-state index is -2.61. The van der Waals surface area contributed by atoms with Crippen LogP contribution in [0.4, 0.5) is 5.69 Å². The highest BCUT2D eigenvalue weighted by Crippen LogP contribution is 2.12. The third kappa shape index (κ3) is 11.2. The highest BCUT2D eigenvalue weighted by molar-refractivity contribution is 7.60. The predicted octanol–water partition coefficient (Wildman–Crippen LogP) is 3.64. The van der Waals surface area contributed by atoms with Gasteiger partial charge in [-0.3, -0.25) is 0 Å². The van der Waals surface area contributed by atoms with Gasteiger partial charge < -0.3 is 15.2 Å². The maximum absolute atomic E-state index is 9.94. The number of aliphatic hydroxyl groups excluding tert-OH is 1. The number of aryl methyl sites for hydroxylation is 1. The molecule has 7 heteroatoms. The molecule has 0 saturated heterocycles. The van der Waals surface area contributed by atoms with E-state index in [1.165, 1.54) is 5.56 Å². The van der Waals surface area contributed by atoms with Gasteiger partial charge in [-0.25, -0.2) is 0 Å². The van der Waals surface area contributed by atoms with Gasteiger partial charge >= 0.3 is 10.5 Å². The fraction of sp³-hybridized carbons (Fsp3) is 0.368. The molecule has 26 heavy (non-hydrogen) atoms. The summed E-state index contributed by atoms with van der Waals surface area (Å²) in [6.07, 6.45) is 2.38. The van der Waals surface area contributed by atoms with Gasteiger partial charge in [-0.1, -0.05) is 35.9 Å². The molecule has 3 N–H and O–H groups in total. The highest BCUT2D eigenvalue weighted by atomic mass is 32.2. The van der Waals surface area contributed by atoms with Crippen LogP contribution in [0.25, 0.3) is 0 Å². The van der Waals surface area contributed by atoms with Crippen molar-refractivity contribution in [3.8, 4) is 5.75 Å². The molecular formula is C19H26N2O4S. The molecule has 0 radical (unpaired) electrons. The molecule has 0 aromatic heterocycles. The summed E-state index contributed by atoms with van der Waals surface area (Å²) in [6, 6.07) is 18.1. The Morgan fingerprint density at radius 2 is 1.69 bits per heavy atom. The van der Waals surface area contributed by atoms with Crippen LogP contribution >= 0.6 is 0 Å². The second-order valence-corrected chi connectivity index (χ2v) is 6.27. The molecule has 142 valence electrons. The van der Waals surface area contributed by atoms with E-state index >= 15 is 0 Å². The Morgan fingerprint density at radius 3 is 2.31 bits per heavy atom. The van der Waals surface area contributed by atoms with Crippen molar-refractivity contribution in [3.05, 3.63) is 60.2 Å². The third-order valence-electron chi connectivity index (χ3n) is 3.53. The van der Waals surface area contributed by atoms with Crippen molar-refractivity contribution >= 4 is 16.2 Å². The van der Waals surface area contributed by atoms with Crippen molar-refractivity contribution < 1.29 is 18.3 Å². The van der Waals surface area contributed by atoms with Crippen LogP contribution in [0.2, 0.25) is 0 Å². The van der Waals surface area contributed by atoms with Crippen LogP contribution in [-0.2, 0) is 10.5 Å². The minimum absolute atomic E-state index is 0.356. The van der Waals surface area contributed by atoms with Crippen LogP contribution in [-0.4, -0.2) is 32.8 Å². The van der Waals surface area contributed by atoms with Crippen LogP contribution in [0, 0.1) is 11.7 Å². The molecule has 2 aromatic rings. The van der Waals surface area contributed by atoms with Gasteiger partial charge in [0.2, 0.25) is 0 Å². The fourth-order valence-corrected chi connectivity index (χ4v) is 2.20. The molecule has 0 aliphatic heterocycles. The summed E-state index contributed by atoms with van der Waals surface area (Å²) in [5.41, 5.74) is 2.35. The second kappa shape index (κ2) is 12.9. The Kier molecular flexibility index (Phi) is 10.8. The topological polar surface area (TPSA) is 99.5 Å². The van der Waals surface area contributed by atoms with Crippen LogP contribution in [0.15, 0.2) is 54.6 Å². The van der Waals surface area contributed by atoms with Gasteiger partial charge in [-0.15, -0.1) is 0 Å². The van der Waals surface area contributed by atoms with Crippen LogP contribution in [0.5, 0.6) is 5.75 Å². The summed E-state index contributed by atoms with van der Waals surface area (Å²) in [5, 5.41) is 13.3. The number of anilines is 1. The van der Waals surface area contributed by atoms with Crippen molar-refractivity contribution in [1.29, 1.82) is 4.78 Å². The standard InChI is InChI=1S/C19H25NO2.HNO2S/c1-16-10-12-19(13-11-16)22-15-18(21)9-5-6-14-20-17-7-3-2-4-8-17;1-4(2)3/h2-4,7-8,10-13,18,20-21H,5-6,9,14-15H2,1H3;1H. The van der Waals surface area contributed by atoms with E-state index in [0.717, 1.165) is 37.2 Å². The van der Waals surface area contributed by atoms with E-state index in [4.69, 9.17) is 17.9 Å². The van der Waals surface area contributed by atoms with Gasteiger partial charge in [-0.2, -0.15) is 13.2 Å². The molecule has 1 unspecified atom stereocenters. The summed E-state index contributed by atoms with van der Waals surface area (Å²) in [5.74, 6) is 0.815. The lowest BCUT2D eigenvalue weighted by atomic mass is 10.1. The Labute approximate surface area is 156 Å². The Balaban J connectivity index is 0.000000765. The summed E-state index contributed by atoms with van der Waals surface area (Å²) in [6.45, 7) is 3.33. The fourth-order valence-electron chi connectivity index (χ4n) is 2.20. The normalized spacial score (nSPS) is 11.0. The molecule has 0 saturated carbocycles. The number of hydrogen-bond donors (Lipinski definition) is 3. The number of rotatable bonds is 9. The minimum Gasteiger partial charge on any atom is -0.491 e. The molecule has 6 nitrogen and oxygen atoms in total. The van der Waals surface area contributed by atoms with Crippen molar-refractivity contribution in [1.82, 2.24) is 0 Å². The highest BCUT2D eigenvalue weighted by Gasteiger charge is 2.05. The summed E-state index contributed by atoms with van der Waals surface area (Å²) in [4.78, 5) is 0. The molecule has 0 bridgehead atoms. The van der Waals surface area contributed by atoms with Crippen molar-refractivity contribution in [3.63, 3.8) is 0 Å². The molecule has 0 amide bonds. The Bertz CT molecular complexity index is 712. The van der Waals surface area contributed by atoms with E-state index in [9.17, 15) is 5.11 Å². The predicted molar refractivity (Wildman–Crippen MR) is 103 cm³/mol. The van der Waals surface area contributed by atoms with Gasteiger partial charge in [0.05, 0.1) is 6.10 Å². The summed E-state index contributed by atoms with van der Waals surface area (Å²) >= 11 is 0. The molecular weight excluding hydrogens is 352 g/mol. The number of benzene rings is 2. The zero-order valence-electron chi connectivity index (χ0n) is 14.9. The molecule has 0 spiro atoms. The van der Waals surface area contributed by atoms with Gasteiger partial charge in [-0.05, 0) is 50.5 Å². The van der Waals surface area contributed by atoms with Crippen LogP contribution < -0.4 is 10.1 Å². The lowest BCUT2D eigenvalue weighted by Crippen LogP contribution is -2.17. The Morgan fingerprint density at radius 1 is 1.08 bits per heavy atom. The van der Waals surface area contributed by atoms with E-state index in [-0.39, 0.29) is 0 Å². The first-order chi connectivity index (χ1) is 12.5. The van der Waals surface area contributed by atoms with Crippen LogP contribution in [0.3, 0.4) is 0 Å². The summed E-state index contributed by atoms with van der Waals surface area (Å²) in [7, 11) is -2.61. The van der Waals surface area contributed by atoms with Crippen molar-refractivity contribution in [2.45, 2.75) is 32.3 Å². The van der Waals surface area contributed by atoms with Gasteiger partial charge in [0, 0.05) is 12.2 Å². The SMILES string of the molecule is Cc1ccc(OCC(O)CCCCNc2ccccc2)cc1.N=S(=O)=O. The molecule has 0 aliphatic carbocycles. The Hall–Kier alpha value is -2.38. The number of unbranched alkanes of at least 4 members (excludes halogenated alkanes) is 1. The lowest BCUT2D eigenvalue weighted by Gasteiger charge is -2.12. The third-order valence-corrected chi connectivity index (χ3v) is 3.53. The van der Waals surface area contributed by atoms with Gasteiger partial charge in [0.25, 0.3) is 0 Å². The first-order valence-corrected chi connectivity index (χ1v) is 9.52. The number of aliphatic hydroxyl groups is 1. The number of hydrogen-bond acceptors (Lipinski definition) is 6. The largest absolute Gasteiger partial charge is 0.491 e. The maximum atomic E-state index is 9.94. The molecule has 0 fully saturated rings. The molecule has 0 heterocycles. The van der Waals surface area contributed by atoms with Crippen molar-refractivity contribution in [2.24, 2.45) is 0 Å². The molecule has 1 atom stereocenters. The summed E-state index contributed by atoms with van der Waals surface area (Å²) < 4.78 is 28.4. The van der Waals surface area contributed by atoms with E-state index in [1.807, 2.05) is 49.4 Å². The van der Waals surface area contributed by atoms with Crippen molar-refractivity contribution in [2.75, 3.05) is 18.5 Å². The first-order valence-electron chi connectivity index (χ1n) is 8.44. The van der Waals surface area contributed by atoms with E-state index in [0.29, 0.717) is 6.61 Å². The monoisotopic (exact) mass is 378 g/mol. The van der Waals surface area contributed by atoms with E-state index in [1.54, 1.807) is 0 Å². The first kappa shape index (κ1) is 21.7. The van der Waals surface area contributed by atoms with Crippen LogP contribution in [0.1, 0.15) is 24.8 Å². The molecule has 0 aliphatic rings. The quantitative estimate of drug-likeness (QED) is 0.579. The zero-order chi connectivity index (χ0) is 19.2. The van der Waals surface area contributed by atoms with E-state index < -0.39 is 16.6 Å². The lowest BCUT2D eigenvalue weighted by molar-refractivity contribution is 0.0979. The van der Waals surface area contributed by atoms with Gasteiger partial charge in [0.15, 0.2) is 0 Å². The number of nitrogens with one attached hydrogen (secondary N) is 2. The molecule has 2 aromatic carbocycles. The molecule has 2 rings (SSSR count).